The SMILES string of the molecule is O=C(Nc1c(F)cccc1F)c1ccc(Br)cc1O[C@@H](CF)C(F)F. The number of ether oxygens (including phenoxy) is 1. The summed E-state index contributed by atoms with van der Waals surface area (Å²) >= 11 is 3.07. The average molecular weight is 424 g/mol. The standard InChI is InChI=1S/C16H11BrF5NO2/c17-8-4-5-9(12(6-8)25-13(7-18)15(21)22)16(24)23-14-10(19)2-1-3-11(14)20/h1-6,13,15H,7H2,(H,23,24)/t13-/m0/s1. The summed E-state index contributed by atoms with van der Waals surface area (Å²) in [6.07, 6.45) is -5.20. The van der Waals surface area contributed by atoms with Crippen molar-refractivity contribution in [3.63, 3.8) is 0 Å². The van der Waals surface area contributed by atoms with E-state index in [1.807, 2.05) is 5.32 Å². The molecule has 1 atom stereocenters. The minimum Gasteiger partial charge on any atom is -0.481 e. The Morgan fingerprint density at radius 2 is 1.80 bits per heavy atom. The molecule has 0 aliphatic rings. The van der Waals surface area contributed by atoms with E-state index in [0.29, 0.717) is 4.47 Å². The topological polar surface area (TPSA) is 38.3 Å². The molecule has 0 radical (unpaired) electrons. The first-order chi connectivity index (χ1) is 11.8. The molecule has 0 unspecified atom stereocenters. The lowest BCUT2D eigenvalue weighted by Crippen LogP contribution is -2.28. The van der Waals surface area contributed by atoms with E-state index in [-0.39, 0.29) is 11.3 Å². The van der Waals surface area contributed by atoms with E-state index in [9.17, 15) is 26.7 Å². The minimum absolute atomic E-state index is 0.287. The maximum absolute atomic E-state index is 13.6. The second-order valence-electron chi connectivity index (χ2n) is 4.84. The zero-order valence-corrected chi connectivity index (χ0v) is 14.0. The molecule has 25 heavy (non-hydrogen) atoms. The number of rotatable bonds is 6. The van der Waals surface area contributed by atoms with Gasteiger partial charge in [0.05, 0.1) is 5.56 Å². The second kappa shape index (κ2) is 8.28. The average Bonchev–Trinajstić information content (AvgIpc) is 2.55. The van der Waals surface area contributed by atoms with Crippen molar-refractivity contribution in [2.45, 2.75) is 12.5 Å². The van der Waals surface area contributed by atoms with Crippen LogP contribution in [0, 0.1) is 11.6 Å². The van der Waals surface area contributed by atoms with Gasteiger partial charge in [-0.1, -0.05) is 22.0 Å². The molecule has 2 aromatic carbocycles. The molecule has 1 N–H and O–H groups in total. The van der Waals surface area contributed by atoms with E-state index < -0.39 is 42.4 Å². The quantitative estimate of drug-likeness (QED) is 0.666. The van der Waals surface area contributed by atoms with Gasteiger partial charge < -0.3 is 10.1 Å². The Bertz CT molecular complexity index is 752. The number of benzene rings is 2. The molecule has 0 aliphatic carbocycles. The van der Waals surface area contributed by atoms with Crippen molar-refractivity contribution in [3.8, 4) is 5.75 Å². The second-order valence-corrected chi connectivity index (χ2v) is 5.75. The van der Waals surface area contributed by atoms with Gasteiger partial charge in [0.15, 0.2) is 6.10 Å². The van der Waals surface area contributed by atoms with Gasteiger partial charge in [-0.15, -0.1) is 0 Å². The molecule has 134 valence electrons. The molecule has 0 saturated heterocycles. The van der Waals surface area contributed by atoms with Crippen molar-refractivity contribution in [2.24, 2.45) is 0 Å². The highest BCUT2D eigenvalue weighted by Crippen LogP contribution is 2.28. The van der Waals surface area contributed by atoms with E-state index in [1.165, 1.54) is 18.2 Å². The molecule has 0 aromatic heterocycles. The Morgan fingerprint density at radius 1 is 1.16 bits per heavy atom. The van der Waals surface area contributed by atoms with Crippen molar-refractivity contribution in [3.05, 3.63) is 58.1 Å². The fourth-order valence-electron chi connectivity index (χ4n) is 1.89. The number of hydrogen-bond donors (Lipinski definition) is 1. The summed E-state index contributed by atoms with van der Waals surface area (Å²) in [6.45, 7) is -1.48. The molecule has 3 nitrogen and oxygen atoms in total. The van der Waals surface area contributed by atoms with Crippen LogP contribution in [0.4, 0.5) is 27.6 Å². The highest BCUT2D eigenvalue weighted by atomic mass is 79.9. The van der Waals surface area contributed by atoms with Crippen LogP contribution in [-0.2, 0) is 0 Å². The summed E-state index contributed by atoms with van der Waals surface area (Å²) in [5.41, 5.74) is -0.984. The van der Waals surface area contributed by atoms with Gasteiger partial charge in [0, 0.05) is 4.47 Å². The Balaban J connectivity index is 2.33. The van der Waals surface area contributed by atoms with Crippen LogP contribution in [0.5, 0.6) is 5.75 Å². The van der Waals surface area contributed by atoms with Crippen LogP contribution in [0.1, 0.15) is 10.4 Å². The predicted molar refractivity (Wildman–Crippen MR) is 84.8 cm³/mol. The van der Waals surface area contributed by atoms with Crippen LogP contribution in [0.2, 0.25) is 0 Å². The summed E-state index contributed by atoms with van der Waals surface area (Å²) in [5.74, 6) is -3.38. The largest absolute Gasteiger partial charge is 0.481 e. The van der Waals surface area contributed by atoms with Gasteiger partial charge in [0.25, 0.3) is 12.3 Å². The Morgan fingerprint density at radius 3 is 2.36 bits per heavy atom. The number of hydrogen-bond acceptors (Lipinski definition) is 2. The van der Waals surface area contributed by atoms with Crippen molar-refractivity contribution >= 4 is 27.5 Å². The van der Waals surface area contributed by atoms with Crippen LogP contribution in [0.25, 0.3) is 0 Å². The maximum Gasteiger partial charge on any atom is 0.277 e. The fourth-order valence-corrected chi connectivity index (χ4v) is 2.23. The van der Waals surface area contributed by atoms with Gasteiger partial charge in [-0.25, -0.2) is 22.0 Å². The van der Waals surface area contributed by atoms with Crippen LogP contribution in [0.15, 0.2) is 40.9 Å². The first-order valence-corrected chi connectivity index (χ1v) is 7.68. The number of para-hydroxylation sites is 1. The van der Waals surface area contributed by atoms with Gasteiger partial charge in [-0.3, -0.25) is 4.79 Å². The van der Waals surface area contributed by atoms with Crippen LogP contribution in [0.3, 0.4) is 0 Å². The van der Waals surface area contributed by atoms with Crippen molar-refractivity contribution in [2.75, 3.05) is 12.0 Å². The lowest BCUT2D eigenvalue weighted by molar-refractivity contribution is -0.00157. The predicted octanol–water partition coefficient (Wildman–Crippen LogP) is 4.96. The van der Waals surface area contributed by atoms with Crippen molar-refractivity contribution in [1.29, 1.82) is 0 Å². The third kappa shape index (κ3) is 4.68. The van der Waals surface area contributed by atoms with E-state index >= 15 is 0 Å². The smallest absolute Gasteiger partial charge is 0.277 e. The van der Waals surface area contributed by atoms with Gasteiger partial charge in [0.2, 0.25) is 0 Å². The number of halogens is 6. The molecule has 2 rings (SSSR count). The Hall–Kier alpha value is -2.16. The number of carbonyl (C=O) groups excluding carboxylic acids is 1. The number of anilines is 1. The van der Waals surface area contributed by atoms with E-state index in [1.54, 1.807) is 0 Å². The molecular weight excluding hydrogens is 413 g/mol. The lowest BCUT2D eigenvalue weighted by Gasteiger charge is -2.18. The molecule has 9 heteroatoms. The first kappa shape index (κ1) is 19.2. The molecule has 1 amide bonds. The maximum atomic E-state index is 13.6. The van der Waals surface area contributed by atoms with Gasteiger partial charge in [0.1, 0.15) is 29.7 Å². The van der Waals surface area contributed by atoms with Crippen molar-refractivity contribution < 1.29 is 31.5 Å². The Kier molecular flexibility index (Phi) is 6.35. The summed E-state index contributed by atoms with van der Waals surface area (Å²) in [7, 11) is 0. The normalized spacial score (nSPS) is 12.1. The molecule has 0 fully saturated rings. The minimum atomic E-state index is -3.12. The molecule has 2 aromatic rings. The molecule has 0 saturated carbocycles. The third-order valence-corrected chi connectivity index (χ3v) is 3.59. The lowest BCUT2D eigenvalue weighted by atomic mass is 10.1. The summed E-state index contributed by atoms with van der Waals surface area (Å²) in [5, 5.41) is 2.01. The summed E-state index contributed by atoms with van der Waals surface area (Å²) < 4.78 is 70.5. The van der Waals surface area contributed by atoms with Gasteiger partial charge >= 0.3 is 0 Å². The molecule has 0 heterocycles. The van der Waals surface area contributed by atoms with Crippen LogP contribution in [-0.4, -0.2) is 25.1 Å². The van der Waals surface area contributed by atoms with Crippen LogP contribution < -0.4 is 10.1 Å². The summed E-state index contributed by atoms with van der Waals surface area (Å²) in [6, 6.07) is 6.75. The molecular formula is C16H11BrF5NO2. The zero-order chi connectivity index (χ0) is 18.6. The third-order valence-electron chi connectivity index (χ3n) is 3.10. The number of nitrogens with one attached hydrogen (secondary N) is 1. The highest BCUT2D eigenvalue weighted by Gasteiger charge is 2.25. The zero-order valence-electron chi connectivity index (χ0n) is 12.4. The molecule has 0 spiro atoms. The van der Waals surface area contributed by atoms with E-state index in [4.69, 9.17) is 4.74 Å². The molecule has 0 bridgehead atoms. The van der Waals surface area contributed by atoms with Gasteiger partial charge in [-0.2, -0.15) is 0 Å². The van der Waals surface area contributed by atoms with Crippen LogP contribution >= 0.6 is 15.9 Å². The Labute approximate surface area is 147 Å². The monoisotopic (exact) mass is 423 g/mol. The fraction of sp³-hybridized carbons (Fsp3) is 0.188. The molecule has 0 aliphatic heterocycles. The number of amides is 1. The number of alkyl halides is 3. The summed E-state index contributed by atoms with van der Waals surface area (Å²) in [4.78, 5) is 12.3. The van der Waals surface area contributed by atoms with Crippen molar-refractivity contribution in [1.82, 2.24) is 0 Å². The van der Waals surface area contributed by atoms with E-state index in [2.05, 4.69) is 15.9 Å². The number of carbonyl (C=O) groups is 1. The van der Waals surface area contributed by atoms with E-state index in [0.717, 1.165) is 18.2 Å². The first-order valence-electron chi connectivity index (χ1n) is 6.89. The van der Waals surface area contributed by atoms with Gasteiger partial charge in [-0.05, 0) is 30.3 Å². The highest BCUT2D eigenvalue weighted by molar-refractivity contribution is 9.10.